The summed E-state index contributed by atoms with van der Waals surface area (Å²) in [7, 11) is 1.40. The minimum atomic E-state index is -1.08. The first-order chi connectivity index (χ1) is 10.6. The second-order valence-electron chi connectivity index (χ2n) is 4.95. The number of carboxylic acid groups (broad SMARTS) is 1. The van der Waals surface area contributed by atoms with Crippen molar-refractivity contribution in [3.8, 4) is 5.75 Å². The zero-order valence-electron chi connectivity index (χ0n) is 12.3. The summed E-state index contributed by atoms with van der Waals surface area (Å²) in [4.78, 5) is 24.3. The lowest BCUT2D eigenvalue weighted by Crippen LogP contribution is -2.20. The SMILES string of the molecule is CCCn1c(=O)c2c(OC)c(C(=O)O)sc2c2ccccc21. The normalized spacial score (nSPS) is 11.2. The minimum Gasteiger partial charge on any atom is -0.494 e. The van der Waals surface area contributed by atoms with Crippen molar-refractivity contribution in [1.29, 1.82) is 0 Å². The molecular formula is C16H15NO4S. The molecule has 3 aromatic rings. The van der Waals surface area contributed by atoms with E-state index in [1.165, 1.54) is 7.11 Å². The van der Waals surface area contributed by atoms with Crippen LogP contribution in [-0.2, 0) is 6.54 Å². The number of fused-ring (bicyclic) bond motifs is 3. The van der Waals surface area contributed by atoms with Crippen LogP contribution < -0.4 is 10.3 Å². The quantitative estimate of drug-likeness (QED) is 0.801. The average Bonchev–Trinajstić information content (AvgIpc) is 2.91. The number of hydrogen-bond acceptors (Lipinski definition) is 4. The van der Waals surface area contributed by atoms with E-state index in [0.29, 0.717) is 16.6 Å². The number of rotatable bonds is 4. The van der Waals surface area contributed by atoms with Crippen LogP contribution in [0.2, 0.25) is 0 Å². The number of hydrogen-bond donors (Lipinski definition) is 1. The van der Waals surface area contributed by atoms with Crippen molar-refractivity contribution in [3.05, 3.63) is 39.5 Å². The van der Waals surface area contributed by atoms with Gasteiger partial charge in [-0.1, -0.05) is 25.1 Å². The van der Waals surface area contributed by atoms with Crippen LogP contribution in [-0.4, -0.2) is 22.8 Å². The Kier molecular flexibility index (Phi) is 3.62. The fourth-order valence-corrected chi connectivity index (χ4v) is 3.86. The second-order valence-corrected chi connectivity index (χ2v) is 5.97. The van der Waals surface area contributed by atoms with Gasteiger partial charge in [-0.15, -0.1) is 11.3 Å². The maximum Gasteiger partial charge on any atom is 0.349 e. The molecule has 0 radical (unpaired) electrons. The molecule has 0 aliphatic carbocycles. The predicted molar refractivity (Wildman–Crippen MR) is 87.4 cm³/mol. The number of aryl methyl sites for hydroxylation is 1. The first-order valence-corrected chi connectivity index (χ1v) is 7.77. The number of carbonyl (C=O) groups is 1. The highest BCUT2D eigenvalue weighted by atomic mass is 32.1. The number of benzene rings is 1. The van der Waals surface area contributed by atoms with Crippen molar-refractivity contribution in [2.24, 2.45) is 0 Å². The molecule has 5 nitrogen and oxygen atoms in total. The zero-order valence-corrected chi connectivity index (χ0v) is 13.1. The third-order valence-corrected chi connectivity index (χ3v) is 4.80. The molecule has 2 heterocycles. The molecule has 0 bridgehead atoms. The highest BCUT2D eigenvalue weighted by Crippen LogP contribution is 2.39. The van der Waals surface area contributed by atoms with Crippen molar-refractivity contribution >= 4 is 38.3 Å². The molecule has 22 heavy (non-hydrogen) atoms. The van der Waals surface area contributed by atoms with Gasteiger partial charge in [0.1, 0.15) is 5.39 Å². The van der Waals surface area contributed by atoms with E-state index in [2.05, 4.69) is 0 Å². The average molecular weight is 317 g/mol. The van der Waals surface area contributed by atoms with Crippen molar-refractivity contribution in [1.82, 2.24) is 4.57 Å². The van der Waals surface area contributed by atoms with Gasteiger partial charge in [-0.2, -0.15) is 0 Å². The molecule has 3 rings (SSSR count). The van der Waals surface area contributed by atoms with Crippen LogP contribution in [0.5, 0.6) is 5.75 Å². The van der Waals surface area contributed by atoms with Crippen LogP contribution in [0.3, 0.4) is 0 Å². The predicted octanol–water partition coefficient (Wildman–Crippen LogP) is 3.33. The van der Waals surface area contributed by atoms with Crippen LogP contribution in [0.25, 0.3) is 21.0 Å². The number of aromatic carboxylic acids is 1. The number of ether oxygens (including phenoxy) is 1. The van der Waals surface area contributed by atoms with Crippen LogP contribution in [0.4, 0.5) is 0 Å². The second kappa shape index (κ2) is 5.46. The van der Waals surface area contributed by atoms with Gasteiger partial charge in [0.2, 0.25) is 0 Å². The Morgan fingerprint density at radius 1 is 1.36 bits per heavy atom. The third-order valence-electron chi connectivity index (χ3n) is 3.61. The summed E-state index contributed by atoms with van der Waals surface area (Å²) >= 11 is 1.09. The highest BCUT2D eigenvalue weighted by molar-refractivity contribution is 7.22. The van der Waals surface area contributed by atoms with Gasteiger partial charge < -0.3 is 14.4 Å². The van der Waals surface area contributed by atoms with Crippen molar-refractivity contribution in [3.63, 3.8) is 0 Å². The molecule has 0 amide bonds. The molecule has 0 atom stereocenters. The van der Waals surface area contributed by atoms with Crippen LogP contribution in [0, 0.1) is 0 Å². The van der Waals surface area contributed by atoms with Gasteiger partial charge in [0, 0.05) is 11.9 Å². The standard InChI is InChI=1S/C16H15NO4S/c1-3-8-17-10-7-5-4-6-9(10)13-11(15(17)18)12(21-2)14(22-13)16(19)20/h4-7H,3,8H2,1-2H3,(H,19,20). The lowest BCUT2D eigenvalue weighted by Gasteiger charge is -2.10. The van der Waals surface area contributed by atoms with Crippen molar-refractivity contribution < 1.29 is 14.6 Å². The lowest BCUT2D eigenvalue weighted by atomic mass is 10.1. The van der Waals surface area contributed by atoms with E-state index in [1.54, 1.807) is 4.57 Å². The summed E-state index contributed by atoms with van der Waals surface area (Å²) in [5.41, 5.74) is 0.624. The molecule has 0 saturated heterocycles. The van der Waals surface area contributed by atoms with E-state index in [0.717, 1.165) is 28.7 Å². The van der Waals surface area contributed by atoms with E-state index in [1.807, 2.05) is 31.2 Å². The third kappa shape index (κ3) is 1.99. The van der Waals surface area contributed by atoms with Crippen molar-refractivity contribution in [2.75, 3.05) is 7.11 Å². The van der Waals surface area contributed by atoms with Gasteiger partial charge in [0.05, 0.1) is 17.3 Å². The summed E-state index contributed by atoms with van der Waals surface area (Å²) in [6.45, 7) is 2.58. The Balaban J connectivity index is 2.58. The lowest BCUT2D eigenvalue weighted by molar-refractivity contribution is 0.0699. The molecule has 0 unspecified atom stereocenters. The summed E-state index contributed by atoms with van der Waals surface area (Å²) in [6.07, 6.45) is 0.813. The number of para-hydroxylation sites is 1. The number of methoxy groups -OCH3 is 1. The molecule has 1 N–H and O–H groups in total. The van der Waals surface area contributed by atoms with E-state index in [-0.39, 0.29) is 16.2 Å². The number of carboxylic acids is 1. The summed E-state index contributed by atoms with van der Waals surface area (Å²) < 4.78 is 7.60. The van der Waals surface area contributed by atoms with E-state index < -0.39 is 5.97 Å². The molecule has 0 fully saturated rings. The Morgan fingerprint density at radius 2 is 2.09 bits per heavy atom. The van der Waals surface area contributed by atoms with Gasteiger partial charge >= 0.3 is 5.97 Å². The minimum absolute atomic E-state index is 0.0639. The van der Waals surface area contributed by atoms with Crippen LogP contribution >= 0.6 is 11.3 Å². The molecule has 1 aromatic carbocycles. The smallest absolute Gasteiger partial charge is 0.349 e. The zero-order chi connectivity index (χ0) is 15.9. The van der Waals surface area contributed by atoms with Gasteiger partial charge in [0.25, 0.3) is 5.56 Å². The first kappa shape index (κ1) is 14.6. The van der Waals surface area contributed by atoms with Crippen LogP contribution in [0.15, 0.2) is 29.1 Å². The summed E-state index contributed by atoms with van der Waals surface area (Å²) in [5, 5.41) is 10.6. The van der Waals surface area contributed by atoms with Gasteiger partial charge in [-0.05, 0) is 12.5 Å². The Morgan fingerprint density at radius 3 is 2.73 bits per heavy atom. The van der Waals surface area contributed by atoms with Crippen LogP contribution in [0.1, 0.15) is 23.0 Å². The monoisotopic (exact) mass is 317 g/mol. The molecule has 2 aromatic heterocycles. The molecular weight excluding hydrogens is 302 g/mol. The number of nitrogens with zero attached hydrogens (tertiary/aromatic N) is 1. The Bertz CT molecular complexity index is 939. The maximum absolute atomic E-state index is 12.8. The molecule has 6 heteroatoms. The van der Waals surface area contributed by atoms with Gasteiger partial charge in [0.15, 0.2) is 10.6 Å². The van der Waals surface area contributed by atoms with E-state index in [9.17, 15) is 14.7 Å². The van der Waals surface area contributed by atoms with E-state index >= 15 is 0 Å². The molecule has 0 aliphatic rings. The number of pyridine rings is 1. The number of thiophene rings is 1. The molecule has 0 aliphatic heterocycles. The fourth-order valence-electron chi connectivity index (χ4n) is 2.73. The fraction of sp³-hybridized carbons (Fsp3) is 0.250. The molecule has 0 spiro atoms. The van der Waals surface area contributed by atoms with Crippen molar-refractivity contribution in [2.45, 2.75) is 19.9 Å². The Labute approximate surface area is 130 Å². The highest BCUT2D eigenvalue weighted by Gasteiger charge is 2.24. The maximum atomic E-state index is 12.8. The largest absolute Gasteiger partial charge is 0.494 e. The molecule has 114 valence electrons. The van der Waals surface area contributed by atoms with Gasteiger partial charge in [-0.3, -0.25) is 4.79 Å². The summed E-state index contributed by atoms with van der Waals surface area (Å²) in [6, 6.07) is 7.56. The first-order valence-electron chi connectivity index (χ1n) is 6.95. The van der Waals surface area contributed by atoms with E-state index in [4.69, 9.17) is 4.74 Å². The Hall–Kier alpha value is -2.34. The number of aromatic nitrogens is 1. The molecule has 0 saturated carbocycles. The van der Waals surface area contributed by atoms with Gasteiger partial charge in [-0.25, -0.2) is 4.79 Å². The topological polar surface area (TPSA) is 68.5 Å². The summed E-state index contributed by atoms with van der Waals surface area (Å²) in [5.74, 6) is -0.920.